The van der Waals surface area contributed by atoms with Gasteiger partial charge in [-0.3, -0.25) is 4.79 Å². The first-order valence-corrected chi connectivity index (χ1v) is 9.34. The van der Waals surface area contributed by atoms with Gasteiger partial charge in [-0.1, -0.05) is 0 Å². The first kappa shape index (κ1) is 19.7. The highest BCUT2D eigenvalue weighted by Crippen LogP contribution is 2.27. The first-order chi connectivity index (χ1) is 12.3. The van der Waals surface area contributed by atoms with Crippen LogP contribution in [0.4, 0.5) is 5.69 Å². The van der Waals surface area contributed by atoms with Crippen LogP contribution in [0.5, 0.6) is 11.5 Å². The van der Waals surface area contributed by atoms with E-state index in [4.69, 9.17) is 9.47 Å². The fourth-order valence-electron chi connectivity index (χ4n) is 2.25. The van der Waals surface area contributed by atoms with Crippen LogP contribution in [-0.4, -0.2) is 35.1 Å². The van der Waals surface area contributed by atoms with Crippen molar-refractivity contribution in [2.75, 3.05) is 26.1 Å². The maximum absolute atomic E-state index is 12.5. The molecule has 1 amide bonds. The number of hydrogen-bond donors (Lipinski definition) is 2. The van der Waals surface area contributed by atoms with E-state index in [1.165, 1.54) is 13.2 Å². The number of amides is 1. The average Bonchev–Trinajstić information content (AvgIpc) is 2.62. The Hall–Kier alpha value is -2.58. The minimum atomic E-state index is -3.90. The molecule has 0 bridgehead atoms. The Kier molecular flexibility index (Phi) is 6.23. The lowest BCUT2D eigenvalue weighted by molar-refractivity contribution is -0.115. The second kappa shape index (κ2) is 8.20. The van der Waals surface area contributed by atoms with Crippen LogP contribution in [0, 0.1) is 13.8 Å². The van der Waals surface area contributed by atoms with Crippen molar-refractivity contribution < 1.29 is 22.7 Å². The van der Waals surface area contributed by atoms with Crippen molar-refractivity contribution in [1.82, 2.24) is 4.72 Å². The van der Waals surface area contributed by atoms with E-state index < -0.39 is 22.5 Å². The minimum Gasteiger partial charge on any atom is -0.497 e. The monoisotopic (exact) mass is 378 g/mol. The van der Waals surface area contributed by atoms with Gasteiger partial charge < -0.3 is 14.8 Å². The molecule has 0 unspecified atom stereocenters. The summed E-state index contributed by atoms with van der Waals surface area (Å²) in [5, 5.41) is 2.61. The molecule has 0 aromatic heterocycles. The van der Waals surface area contributed by atoms with Crippen molar-refractivity contribution in [1.29, 1.82) is 0 Å². The lowest BCUT2D eigenvalue weighted by atomic mass is 10.1. The van der Waals surface area contributed by atoms with Gasteiger partial charge in [0.05, 0.1) is 20.8 Å². The van der Waals surface area contributed by atoms with Crippen LogP contribution < -0.4 is 19.5 Å². The molecule has 0 aliphatic rings. The summed E-state index contributed by atoms with van der Waals surface area (Å²) in [6.07, 6.45) is 0. The number of methoxy groups -OCH3 is 2. The summed E-state index contributed by atoms with van der Waals surface area (Å²) < 4.78 is 37.6. The summed E-state index contributed by atoms with van der Waals surface area (Å²) in [6.45, 7) is 3.28. The number of sulfonamides is 1. The van der Waals surface area contributed by atoms with E-state index in [9.17, 15) is 13.2 Å². The molecule has 2 aromatic carbocycles. The van der Waals surface area contributed by atoms with Crippen LogP contribution in [0.25, 0.3) is 0 Å². The number of ether oxygens (including phenoxy) is 2. The highest BCUT2D eigenvalue weighted by Gasteiger charge is 2.21. The van der Waals surface area contributed by atoms with Gasteiger partial charge in [0.25, 0.3) is 0 Å². The lowest BCUT2D eigenvalue weighted by Gasteiger charge is -2.13. The molecular formula is C18H22N2O5S. The van der Waals surface area contributed by atoms with Gasteiger partial charge in [-0.05, 0) is 61.4 Å². The average molecular weight is 378 g/mol. The molecule has 26 heavy (non-hydrogen) atoms. The van der Waals surface area contributed by atoms with Crippen molar-refractivity contribution in [3.63, 3.8) is 0 Å². The molecule has 0 radical (unpaired) electrons. The summed E-state index contributed by atoms with van der Waals surface area (Å²) in [5.74, 6) is 0.406. The van der Waals surface area contributed by atoms with Gasteiger partial charge in [0.1, 0.15) is 16.4 Å². The number of anilines is 1. The van der Waals surface area contributed by atoms with Crippen LogP contribution in [0.3, 0.4) is 0 Å². The fraction of sp³-hybridized carbons (Fsp3) is 0.278. The smallest absolute Gasteiger partial charge is 0.244 e. The summed E-state index contributed by atoms with van der Waals surface area (Å²) in [5.41, 5.74) is 2.27. The largest absolute Gasteiger partial charge is 0.497 e. The van der Waals surface area contributed by atoms with Gasteiger partial charge in [-0.25, -0.2) is 13.1 Å². The third-order valence-corrected chi connectivity index (χ3v) is 5.29. The zero-order valence-corrected chi connectivity index (χ0v) is 15.9. The number of nitrogens with one attached hydrogen (secondary N) is 2. The van der Waals surface area contributed by atoms with Gasteiger partial charge in [0.2, 0.25) is 15.9 Å². The number of benzene rings is 2. The van der Waals surface area contributed by atoms with Gasteiger partial charge in [-0.15, -0.1) is 0 Å². The quantitative estimate of drug-likeness (QED) is 0.771. The summed E-state index contributed by atoms with van der Waals surface area (Å²) in [4.78, 5) is 12.0. The van der Waals surface area contributed by atoms with Crippen molar-refractivity contribution in [3.8, 4) is 11.5 Å². The van der Waals surface area contributed by atoms with Gasteiger partial charge in [0, 0.05) is 5.69 Å². The van der Waals surface area contributed by atoms with E-state index in [2.05, 4.69) is 10.0 Å². The fourth-order valence-corrected chi connectivity index (χ4v) is 3.47. The normalized spacial score (nSPS) is 11.1. The van der Waals surface area contributed by atoms with Crippen molar-refractivity contribution >= 4 is 21.6 Å². The maximum atomic E-state index is 12.5. The van der Waals surface area contributed by atoms with Crippen molar-refractivity contribution in [2.45, 2.75) is 18.7 Å². The summed E-state index contributed by atoms with van der Waals surface area (Å²) >= 11 is 0. The standard InChI is InChI=1S/C18H22N2O5S/c1-12-9-16(25-4)17(10-13(12)2)26(22,23)19-11-18(21)20-14-5-7-15(24-3)8-6-14/h5-10,19H,11H2,1-4H3,(H,20,21). The third-order valence-electron chi connectivity index (χ3n) is 3.87. The van der Waals surface area contributed by atoms with Crippen molar-refractivity contribution in [2.24, 2.45) is 0 Å². The number of aryl methyl sites for hydroxylation is 2. The molecule has 2 rings (SSSR count). The van der Waals surface area contributed by atoms with E-state index in [1.54, 1.807) is 37.4 Å². The summed E-state index contributed by atoms with van der Waals surface area (Å²) in [7, 11) is -0.949. The molecule has 8 heteroatoms. The molecule has 0 spiro atoms. The maximum Gasteiger partial charge on any atom is 0.244 e. The zero-order valence-electron chi connectivity index (χ0n) is 15.1. The second-order valence-corrected chi connectivity index (χ2v) is 7.42. The molecular weight excluding hydrogens is 356 g/mol. The van der Waals surface area contributed by atoms with Crippen molar-refractivity contribution in [3.05, 3.63) is 47.5 Å². The number of carbonyl (C=O) groups is 1. The van der Waals surface area contributed by atoms with Gasteiger partial charge in [-0.2, -0.15) is 0 Å². The summed E-state index contributed by atoms with van der Waals surface area (Å²) in [6, 6.07) is 9.90. The van der Waals surface area contributed by atoms with Crippen LogP contribution in [0.15, 0.2) is 41.3 Å². The van der Waals surface area contributed by atoms with E-state index in [0.717, 1.165) is 11.1 Å². The number of rotatable bonds is 7. The molecule has 2 N–H and O–H groups in total. The van der Waals surface area contributed by atoms with E-state index >= 15 is 0 Å². The number of hydrogen-bond acceptors (Lipinski definition) is 5. The molecule has 0 saturated heterocycles. The zero-order chi connectivity index (χ0) is 19.3. The molecule has 7 nitrogen and oxygen atoms in total. The van der Waals surface area contributed by atoms with Crippen LogP contribution in [0.1, 0.15) is 11.1 Å². The highest BCUT2D eigenvalue weighted by atomic mass is 32.2. The molecule has 140 valence electrons. The predicted octanol–water partition coefficient (Wildman–Crippen LogP) is 2.24. The Morgan fingerprint density at radius 1 is 1.00 bits per heavy atom. The van der Waals surface area contributed by atoms with E-state index in [0.29, 0.717) is 11.4 Å². The molecule has 0 aliphatic carbocycles. The van der Waals surface area contributed by atoms with Gasteiger partial charge >= 0.3 is 0 Å². The Balaban J connectivity index is 2.07. The SMILES string of the molecule is COc1ccc(NC(=O)CNS(=O)(=O)c2cc(C)c(C)cc2OC)cc1. The molecule has 0 aliphatic heterocycles. The van der Waals surface area contributed by atoms with Gasteiger partial charge in [0.15, 0.2) is 0 Å². The Morgan fingerprint density at radius 2 is 1.62 bits per heavy atom. The third kappa shape index (κ3) is 4.74. The second-order valence-electron chi connectivity index (χ2n) is 5.69. The molecule has 0 fully saturated rings. The lowest BCUT2D eigenvalue weighted by Crippen LogP contribution is -2.33. The van der Waals surface area contributed by atoms with Crippen LogP contribution in [0.2, 0.25) is 0 Å². The van der Waals surface area contributed by atoms with Crippen LogP contribution >= 0.6 is 0 Å². The highest BCUT2D eigenvalue weighted by molar-refractivity contribution is 7.89. The molecule has 0 heterocycles. The number of carbonyl (C=O) groups excluding carboxylic acids is 1. The van der Waals surface area contributed by atoms with Crippen LogP contribution in [-0.2, 0) is 14.8 Å². The Morgan fingerprint density at radius 3 is 2.19 bits per heavy atom. The van der Waals surface area contributed by atoms with E-state index in [1.807, 2.05) is 13.8 Å². The topological polar surface area (TPSA) is 93.7 Å². The Labute approximate surface area is 153 Å². The van der Waals surface area contributed by atoms with E-state index in [-0.39, 0.29) is 10.6 Å². The molecule has 0 saturated carbocycles. The molecule has 2 aromatic rings. The predicted molar refractivity (Wildman–Crippen MR) is 99.3 cm³/mol. The Bertz CT molecular complexity index is 893. The molecule has 0 atom stereocenters. The minimum absolute atomic E-state index is 0.000322. The first-order valence-electron chi connectivity index (χ1n) is 7.85.